The molecule has 0 aliphatic carbocycles. The second kappa shape index (κ2) is 9.03. The lowest BCUT2D eigenvalue weighted by atomic mass is 10.1. The Morgan fingerprint density at radius 3 is 2.14 bits per heavy atom. The van der Waals surface area contributed by atoms with Crippen LogP contribution in [0.5, 0.6) is 5.75 Å². The Morgan fingerprint density at radius 1 is 0.964 bits per heavy atom. The van der Waals surface area contributed by atoms with Crippen LogP contribution >= 0.6 is 31.9 Å². The fourth-order valence-corrected chi connectivity index (χ4v) is 5.03. The Morgan fingerprint density at radius 2 is 1.57 bits per heavy atom. The molecule has 0 spiro atoms. The van der Waals surface area contributed by atoms with E-state index in [0.29, 0.717) is 8.95 Å². The topological polar surface area (TPSA) is 55.7 Å². The molecule has 0 aromatic heterocycles. The van der Waals surface area contributed by atoms with Crippen LogP contribution in [0.15, 0.2) is 85.6 Å². The summed E-state index contributed by atoms with van der Waals surface area (Å²) in [5.41, 5.74) is 2.89. The third kappa shape index (κ3) is 5.10. The number of aliphatic imine (C=N–C) groups is 1. The molecule has 3 rings (SSSR count). The van der Waals surface area contributed by atoms with Gasteiger partial charge >= 0.3 is 10.1 Å². The monoisotopic (exact) mass is 521 g/mol. The molecule has 0 bridgehead atoms. The van der Waals surface area contributed by atoms with Crippen LogP contribution in [0, 0.1) is 0 Å². The first-order valence-electron chi connectivity index (χ1n) is 8.50. The Labute approximate surface area is 181 Å². The number of nitrogens with zero attached hydrogens (tertiary/aromatic N) is 1. The Balaban J connectivity index is 1.83. The fraction of sp³-hybridized carbons (Fsp3) is 0.0952. The van der Waals surface area contributed by atoms with Gasteiger partial charge in [0.15, 0.2) is 5.75 Å². The van der Waals surface area contributed by atoms with Gasteiger partial charge in [-0.2, -0.15) is 8.42 Å². The zero-order valence-electron chi connectivity index (χ0n) is 15.0. The SMILES string of the molecule is CCc1ccc(N=Cc2cc(Br)c(OS(=O)(=O)c3ccccc3)c(Br)c2)cc1. The number of aryl methyl sites for hydroxylation is 1. The molecule has 0 aliphatic rings. The number of halogens is 2. The maximum atomic E-state index is 12.5. The molecule has 7 heteroatoms. The summed E-state index contributed by atoms with van der Waals surface area (Å²) in [6.07, 6.45) is 2.70. The van der Waals surface area contributed by atoms with Crippen LogP contribution in [0.25, 0.3) is 0 Å². The average molecular weight is 523 g/mol. The molecular formula is C21H17Br2NO3S. The molecule has 0 heterocycles. The Bertz CT molecular complexity index is 1070. The summed E-state index contributed by atoms with van der Waals surface area (Å²) in [5.74, 6) is 0.188. The molecule has 0 N–H and O–H groups in total. The molecule has 0 fully saturated rings. The predicted molar refractivity (Wildman–Crippen MR) is 119 cm³/mol. The van der Waals surface area contributed by atoms with E-state index in [1.165, 1.54) is 17.7 Å². The van der Waals surface area contributed by atoms with Gasteiger partial charge in [-0.1, -0.05) is 37.3 Å². The molecule has 0 atom stereocenters. The second-order valence-corrected chi connectivity index (χ2v) is 9.20. The largest absolute Gasteiger partial charge is 0.377 e. The first kappa shape index (κ1) is 20.8. The van der Waals surface area contributed by atoms with Gasteiger partial charge in [-0.15, -0.1) is 0 Å². The van der Waals surface area contributed by atoms with Crippen molar-refractivity contribution in [3.63, 3.8) is 0 Å². The van der Waals surface area contributed by atoms with Gasteiger partial charge in [0.1, 0.15) is 4.90 Å². The van der Waals surface area contributed by atoms with Crippen LogP contribution in [0.1, 0.15) is 18.1 Å². The van der Waals surface area contributed by atoms with Crippen molar-refractivity contribution in [1.82, 2.24) is 0 Å². The predicted octanol–water partition coefficient (Wildman–Crippen LogP) is 6.29. The molecule has 3 aromatic carbocycles. The lowest BCUT2D eigenvalue weighted by Gasteiger charge is -2.11. The van der Waals surface area contributed by atoms with Crippen molar-refractivity contribution in [2.45, 2.75) is 18.2 Å². The Kier molecular flexibility index (Phi) is 6.69. The highest BCUT2D eigenvalue weighted by molar-refractivity contribution is 9.11. The molecule has 28 heavy (non-hydrogen) atoms. The van der Waals surface area contributed by atoms with Crippen LogP contribution < -0.4 is 4.18 Å². The van der Waals surface area contributed by atoms with Gasteiger partial charge < -0.3 is 4.18 Å². The molecule has 0 radical (unpaired) electrons. The first-order chi connectivity index (χ1) is 13.4. The van der Waals surface area contributed by atoms with Crippen molar-refractivity contribution in [3.05, 3.63) is 86.8 Å². The number of rotatable bonds is 6. The summed E-state index contributed by atoms with van der Waals surface area (Å²) in [5, 5.41) is 0. The van der Waals surface area contributed by atoms with E-state index in [2.05, 4.69) is 43.8 Å². The van der Waals surface area contributed by atoms with Crippen LogP contribution in [0.2, 0.25) is 0 Å². The van der Waals surface area contributed by atoms with Crippen molar-refractivity contribution in [3.8, 4) is 5.75 Å². The quantitative estimate of drug-likeness (QED) is 0.282. The summed E-state index contributed by atoms with van der Waals surface area (Å²) in [7, 11) is -3.93. The van der Waals surface area contributed by atoms with Crippen molar-refractivity contribution in [2.75, 3.05) is 0 Å². The summed E-state index contributed by atoms with van der Waals surface area (Å²) in [4.78, 5) is 4.55. The van der Waals surface area contributed by atoms with Gasteiger partial charge in [-0.3, -0.25) is 4.99 Å². The molecule has 3 aromatic rings. The van der Waals surface area contributed by atoms with E-state index in [1.807, 2.05) is 24.3 Å². The smallest absolute Gasteiger partial charge is 0.339 e. The molecule has 0 saturated heterocycles. The van der Waals surface area contributed by atoms with E-state index in [4.69, 9.17) is 4.18 Å². The van der Waals surface area contributed by atoms with Gasteiger partial charge in [0, 0.05) is 6.21 Å². The molecule has 144 valence electrons. The van der Waals surface area contributed by atoms with Gasteiger partial charge in [0.25, 0.3) is 0 Å². The van der Waals surface area contributed by atoms with E-state index in [-0.39, 0.29) is 10.6 Å². The minimum atomic E-state index is -3.93. The third-order valence-electron chi connectivity index (χ3n) is 3.95. The van der Waals surface area contributed by atoms with Gasteiger partial charge in [0.05, 0.1) is 14.6 Å². The molecule has 0 aliphatic heterocycles. The highest BCUT2D eigenvalue weighted by atomic mass is 79.9. The van der Waals surface area contributed by atoms with Crippen LogP contribution in [-0.4, -0.2) is 14.6 Å². The van der Waals surface area contributed by atoms with Crippen LogP contribution in [-0.2, 0) is 16.5 Å². The van der Waals surface area contributed by atoms with Gasteiger partial charge in [0.2, 0.25) is 0 Å². The highest BCUT2D eigenvalue weighted by Gasteiger charge is 2.20. The summed E-state index contributed by atoms with van der Waals surface area (Å²) in [6, 6.07) is 19.5. The second-order valence-electron chi connectivity index (χ2n) is 5.94. The lowest BCUT2D eigenvalue weighted by molar-refractivity contribution is 0.483. The number of hydrogen-bond acceptors (Lipinski definition) is 4. The third-order valence-corrected chi connectivity index (χ3v) is 6.37. The first-order valence-corrected chi connectivity index (χ1v) is 11.5. The zero-order chi connectivity index (χ0) is 20.1. The molecule has 0 amide bonds. The maximum absolute atomic E-state index is 12.5. The number of benzene rings is 3. The zero-order valence-corrected chi connectivity index (χ0v) is 19.0. The van der Waals surface area contributed by atoms with Gasteiger partial charge in [-0.05, 0) is 85.8 Å². The van der Waals surface area contributed by atoms with Gasteiger partial charge in [-0.25, -0.2) is 0 Å². The molecule has 4 nitrogen and oxygen atoms in total. The van der Waals surface area contributed by atoms with E-state index < -0.39 is 10.1 Å². The van der Waals surface area contributed by atoms with E-state index >= 15 is 0 Å². The highest BCUT2D eigenvalue weighted by Crippen LogP contribution is 2.36. The van der Waals surface area contributed by atoms with E-state index in [1.54, 1.807) is 36.5 Å². The van der Waals surface area contributed by atoms with Crippen molar-refractivity contribution < 1.29 is 12.6 Å². The minimum Gasteiger partial charge on any atom is -0.377 e. The normalized spacial score (nSPS) is 11.7. The standard InChI is InChI=1S/C21H17Br2NO3S/c1-2-15-8-10-17(11-9-15)24-14-16-12-19(22)21(20(23)13-16)27-28(25,26)18-6-4-3-5-7-18/h3-14H,2H2,1H3. The molecular weight excluding hydrogens is 506 g/mol. The number of hydrogen-bond donors (Lipinski definition) is 0. The average Bonchev–Trinajstić information content (AvgIpc) is 2.70. The summed E-state index contributed by atoms with van der Waals surface area (Å²) >= 11 is 6.77. The Hall–Kier alpha value is -1.96. The van der Waals surface area contributed by atoms with Crippen molar-refractivity contribution in [2.24, 2.45) is 4.99 Å². The van der Waals surface area contributed by atoms with Crippen molar-refractivity contribution in [1.29, 1.82) is 0 Å². The van der Waals surface area contributed by atoms with E-state index in [9.17, 15) is 8.42 Å². The van der Waals surface area contributed by atoms with E-state index in [0.717, 1.165) is 17.7 Å². The lowest BCUT2D eigenvalue weighted by Crippen LogP contribution is -2.10. The minimum absolute atomic E-state index is 0.0926. The van der Waals surface area contributed by atoms with Crippen LogP contribution in [0.3, 0.4) is 0 Å². The molecule has 0 unspecified atom stereocenters. The maximum Gasteiger partial charge on any atom is 0.339 e. The fourth-order valence-electron chi connectivity index (χ4n) is 2.45. The molecule has 0 saturated carbocycles. The summed E-state index contributed by atoms with van der Waals surface area (Å²) < 4.78 is 31.3. The van der Waals surface area contributed by atoms with Crippen molar-refractivity contribution >= 4 is 53.9 Å². The van der Waals surface area contributed by atoms with Crippen LogP contribution in [0.4, 0.5) is 5.69 Å². The summed E-state index contributed by atoms with van der Waals surface area (Å²) in [6.45, 7) is 2.11.